The molecule has 0 aliphatic heterocycles. The molecule has 1 unspecified atom stereocenters. The molecular weight excluding hydrogens is 229 g/mol. The molecule has 0 fully saturated rings. The van der Waals surface area contributed by atoms with E-state index >= 15 is 0 Å². The lowest BCUT2D eigenvalue weighted by molar-refractivity contribution is -0.122. The maximum absolute atomic E-state index is 11.7. The molecule has 1 atom stereocenters. The highest BCUT2D eigenvalue weighted by Crippen LogP contribution is 2.28. The Balaban J connectivity index is 3.52. The number of halogens is 4. The molecule has 0 saturated heterocycles. The Labute approximate surface area is 70.7 Å². The molecule has 0 N–H and O–H groups in total. The summed E-state index contributed by atoms with van der Waals surface area (Å²) < 4.78 is 35.1. The molecule has 0 aliphatic rings. The summed E-state index contributed by atoms with van der Waals surface area (Å²) in [5.74, 6) is 0.818. The predicted molar refractivity (Wildman–Crippen MR) is 41.8 cm³/mol. The quantitative estimate of drug-likeness (QED) is 0.679. The van der Waals surface area contributed by atoms with Crippen LogP contribution in [0.3, 0.4) is 0 Å². The Hall–Kier alpha value is 0.620. The van der Waals surface area contributed by atoms with Crippen LogP contribution >= 0.6 is 27.7 Å². The van der Waals surface area contributed by atoms with E-state index in [0.717, 1.165) is 5.75 Å². The Morgan fingerprint density at radius 3 is 2.30 bits per heavy atom. The van der Waals surface area contributed by atoms with Crippen molar-refractivity contribution in [2.75, 3.05) is 11.5 Å². The summed E-state index contributed by atoms with van der Waals surface area (Å²) in [5, 5.41) is 0. The van der Waals surface area contributed by atoms with Gasteiger partial charge in [0.15, 0.2) is 0 Å². The normalized spacial score (nSPS) is 15.3. The molecule has 0 aliphatic carbocycles. The highest BCUT2D eigenvalue weighted by Gasteiger charge is 2.36. The van der Waals surface area contributed by atoms with Gasteiger partial charge in [-0.2, -0.15) is 24.9 Å². The molecule has 0 saturated carbocycles. The van der Waals surface area contributed by atoms with E-state index in [1.807, 2.05) is 6.92 Å². The highest BCUT2D eigenvalue weighted by molar-refractivity contribution is 9.09. The second kappa shape index (κ2) is 4.49. The van der Waals surface area contributed by atoms with E-state index in [0.29, 0.717) is 0 Å². The lowest BCUT2D eigenvalue weighted by Gasteiger charge is -2.12. The Kier molecular flexibility index (Phi) is 4.77. The largest absolute Gasteiger partial charge is 0.402 e. The Morgan fingerprint density at radius 1 is 1.50 bits per heavy atom. The first kappa shape index (κ1) is 10.6. The van der Waals surface area contributed by atoms with Gasteiger partial charge >= 0.3 is 6.18 Å². The minimum Gasteiger partial charge on any atom is -0.170 e. The predicted octanol–water partition coefficient (Wildman–Crippen LogP) is 3.07. The minimum absolute atomic E-state index is 0.0972. The third-order valence-electron chi connectivity index (χ3n) is 0.823. The zero-order chi connectivity index (χ0) is 8.20. The third-order valence-corrected chi connectivity index (χ3v) is 3.07. The van der Waals surface area contributed by atoms with E-state index in [4.69, 9.17) is 0 Å². The van der Waals surface area contributed by atoms with Gasteiger partial charge in [-0.1, -0.05) is 22.9 Å². The van der Waals surface area contributed by atoms with Crippen LogP contribution in [0.15, 0.2) is 0 Å². The smallest absolute Gasteiger partial charge is 0.170 e. The van der Waals surface area contributed by atoms with Crippen molar-refractivity contribution < 1.29 is 13.2 Å². The number of hydrogen-bond acceptors (Lipinski definition) is 1. The summed E-state index contributed by atoms with van der Waals surface area (Å²) in [6.45, 7) is 1.83. The first-order valence-corrected chi connectivity index (χ1v) is 4.84. The molecule has 0 bridgehead atoms. The zero-order valence-corrected chi connectivity index (χ0v) is 7.81. The van der Waals surface area contributed by atoms with E-state index in [-0.39, 0.29) is 5.75 Å². The van der Waals surface area contributed by atoms with Crippen molar-refractivity contribution in [1.82, 2.24) is 0 Å². The molecule has 0 radical (unpaired) electrons. The van der Waals surface area contributed by atoms with Gasteiger partial charge in [0.1, 0.15) is 4.83 Å². The standard InChI is InChI=1S/C5H8BrF3S/c1-2-10-3-4(6)5(7,8)9/h4H,2-3H2,1H3. The summed E-state index contributed by atoms with van der Waals surface area (Å²) in [7, 11) is 0. The van der Waals surface area contributed by atoms with Gasteiger partial charge in [-0.25, -0.2) is 0 Å². The SMILES string of the molecule is CCSCC(Br)C(F)(F)F. The Bertz CT molecular complexity index is 93.4. The third kappa shape index (κ3) is 4.44. The van der Waals surface area contributed by atoms with Crippen LogP contribution < -0.4 is 0 Å². The number of thioether (sulfide) groups is 1. The van der Waals surface area contributed by atoms with Crippen molar-refractivity contribution in [2.45, 2.75) is 17.9 Å². The van der Waals surface area contributed by atoms with Gasteiger partial charge in [-0.05, 0) is 5.75 Å². The fourth-order valence-electron chi connectivity index (χ4n) is 0.316. The van der Waals surface area contributed by atoms with Crippen LogP contribution in [0.5, 0.6) is 0 Å². The van der Waals surface area contributed by atoms with E-state index in [1.54, 1.807) is 0 Å². The Morgan fingerprint density at radius 2 is 2.00 bits per heavy atom. The van der Waals surface area contributed by atoms with Crippen LogP contribution in [0.1, 0.15) is 6.92 Å². The molecule has 62 valence electrons. The van der Waals surface area contributed by atoms with E-state index in [9.17, 15) is 13.2 Å². The molecule has 0 aromatic heterocycles. The monoisotopic (exact) mass is 236 g/mol. The second-order valence-corrected chi connectivity index (χ2v) is 4.09. The van der Waals surface area contributed by atoms with Crippen molar-refractivity contribution in [3.63, 3.8) is 0 Å². The van der Waals surface area contributed by atoms with Crippen LogP contribution in [0.2, 0.25) is 0 Å². The molecule has 0 rings (SSSR count). The molecule has 0 aromatic carbocycles. The van der Waals surface area contributed by atoms with Crippen molar-refractivity contribution in [3.05, 3.63) is 0 Å². The molecule has 0 aromatic rings. The summed E-state index contributed by atoms with van der Waals surface area (Å²) in [6.07, 6.45) is -4.10. The van der Waals surface area contributed by atoms with E-state index in [1.165, 1.54) is 11.8 Å². The maximum atomic E-state index is 11.7. The van der Waals surface area contributed by atoms with Crippen molar-refractivity contribution in [3.8, 4) is 0 Å². The van der Waals surface area contributed by atoms with Crippen molar-refractivity contribution in [1.29, 1.82) is 0 Å². The van der Waals surface area contributed by atoms with Gasteiger partial charge in [0.25, 0.3) is 0 Å². The molecule has 5 heteroatoms. The average Bonchev–Trinajstić information content (AvgIpc) is 1.80. The maximum Gasteiger partial charge on any atom is 0.402 e. The van der Waals surface area contributed by atoms with Gasteiger partial charge in [-0.15, -0.1) is 0 Å². The summed E-state index contributed by atoms with van der Waals surface area (Å²) in [6, 6.07) is 0. The van der Waals surface area contributed by atoms with Crippen LogP contribution in [0.4, 0.5) is 13.2 Å². The van der Waals surface area contributed by atoms with Crippen LogP contribution in [0.25, 0.3) is 0 Å². The summed E-state index contributed by atoms with van der Waals surface area (Å²) >= 11 is 3.83. The van der Waals surface area contributed by atoms with E-state index in [2.05, 4.69) is 15.9 Å². The topological polar surface area (TPSA) is 0 Å². The zero-order valence-electron chi connectivity index (χ0n) is 5.41. The number of rotatable bonds is 3. The van der Waals surface area contributed by atoms with Gasteiger partial charge in [0.05, 0.1) is 0 Å². The summed E-state index contributed by atoms with van der Waals surface area (Å²) in [5.41, 5.74) is 0. The van der Waals surface area contributed by atoms with Gasteiger partial charge in [0.2, 0.25) is 0 Å². The average molecular weight is 237 g/mol. The highest BCUT2D eigenvalue weighted by atomic mass is 79.9. The van der Waals surface area contributed by atoms with Gasteiger partial charge in [-0.3, -0.25) is 0 Å². The fourth-order valence-corrected chi connectivity index (χ4v) is 1.51. The first-order valence-electron chi connectivity index (χ1n) is 2.77. The van der Waals surface area contributed by atoms with Crippen molar-refractivity contribution in [2.24, 2.45) is 0 Å². The van der Waals surface area contributed by atoms with Gasteiger partial charge < -0.3 is 0 Å². The lowest BCUT2D eigenvalue weighted by atomic mass is 10.5. The number of alkyl halides is 4. The van der Waals surface area contributed by atoms with Crippen molar-refractivity contribution >= 4 is 27.7 Å². The molecule has 0 amide bonds. The molecule has 0 heterocycles. The summed E-state index contributed by atoms with van der Waals surface area (Å²) in [4.78, 5) is -1.36. The molecular formula is C5H8BrF3S. The molecule has 0 spiro atoms. The fraction of sp³-hybridized carbons (Fsp3) is 1.00. The van der Waals surface area contributed by atoms with E-state index < -0.39 is 11.0 Å². The van der Waals surface area contributed by atoms with Crippen LogP contribution in [-0.4, -0.2) is 22.5 Å². The minimum atomic E-state index is -4.10. The van der Waals surface area contributed by atoms with Crippen LogP contribution in [-0.2, 0) is 0 Å². The first-order chi connectivity index (χ1) is 4.48. The number of hydrogen-bond donors (Lipinski definition) is 0. The van der Waals surface area contributed by atoms with Crippen LogP contribution in [0, 0.1) is 0 Å². The molecule has 10 heavy (non-hydrogen) atoms. The lowest BCUT2D eigenvalue weighted by Crippen LogP contribution is -2.24. The second-order valence-electron chi connectivity index (χ2n) is 1.67. The van der Waals surface area contributed by atoms with Gasteiger partial charge in [0, 0.05) is 5.75 Å². The molecule has 0 nitrogen and oxygen atoms in total.